The number of nitrogens with one attached hydrogen (secondary N) is 3. The predicted molar refractivity (Wildman–Crippen MR) is 210 cm³/mol. The van der Waals surface area contributed by atoms with Crippen LogP contribution in [0.3, 0.4) is 0 Å². The Balaban J connectivity index is 1.96. The average molecular weight is 872 g/mol. The molecule has 0 aliphatic rings. The van der Waals surface area contributed by atoms with Gasteiger partial charge < -0.3 is 55.0 Å². The van der Waals surface area contributed by atoms with E-state index in [2.05, 4.69) is 38.5 Å². The van der Waals surface area contributed by atoms with Crippen LogP contribution in [-0.4, -0.2) is 125 Å². The fraction of sp³-hybridized carbons (Fsp3) is 0.541. The Hall–Kier alpha value is -4.04. The van der Waals surface area contributed by atoms with E-state index >= 15 is 0 Å². The van der Waals surface area contributed by atoms with Crippen LogP contribution in [0.2, 0.25) is 0 Å². The Morgan fingerprint density at radius 2 is 1.07 bits per heavy atom. The van der Waals surface area contributed by atoms with Gasteiger partial charge in [0.05, 0.1) is 52.9 Å². The van der Waals surface area contributed by atoms with E-state index in [0.29, 0.717) is 5.56 Å². The van der Waals surface area contributed by atoms with Crippen molar-refractivity contribution >= 4 is 58.2 Å². The number of nitrogens with zero attached hydrogens (tertiary/aromatic N) is 1. The average Bonchev–Trinajstić information content (AvgIpc) is 3.07. The molecule has 2 aromatic rings. The molecule has 0 heterocycles. The lowest BCUT2D eigenvalue weighted by molar-refractivity contribution is 0.0213. The van der Waals surface area contributed by atoms with Gasteiger partial charge in [0.2, 0.25) is 5.91 Å². The third-order valence-electron chi connectivity index (χ3n) is 6.70. The molecule has 0 spiro atoms. The monoisotopic (exact) mass is 871 g/mol. The molecular formula is C37H54IN5O11. The molecule has 0 radical (unpaired) electrons. The van der Waals surface area contributed by atoms with E-state index in [1.807, 2.05) is 0 Å². The fourth-order valence-corrected chi connectivity index (χ4v) is 4.70. The van der Waals surface area contributed by atoms with Gasteiger partial charge in [-0.2, -0.15) is 0 Å². The van der Waals surface area contributed by atoms with E-state index in [4.69, 9.17) is 34.2 Å². The summed E-state index contributed by atoms with van der Waals surface area (Å²) in [6.45, 7) is 13.3. The summed E-state index contributed by atoms with van der Waals surface area (Å²) in [5.41, 5.74) is 5.19. The van der Waals surface area contributed by atoms with Gasteiger partial charge >= 0.3 is 12.2 Å². The van der Waals surface area contributed by atoms with Gasteiger partial charge in [-0.1, -0.05) is 0 Å². The topological polar surface area (TPSA) is 206 Å². The van der Waals surface area contributed by atoms with Crippen molar-refractivity contribution in [3.63, 3.8) is 0 Å². The Morgan fingerprint density at radius 1 is 0.630 bits per heavy atom. The maximum atomic E-state index is 13.8. The number of benzene rings is 2. The number of ether oxygens (including phenoxy) is 6. The van der Waals surface area contributed by atoms with Crippen LogP contribution in [0.5, 0.6) is 0 Å². The molecule has 0 bridgehead atoms. The summed E-state index contributed by atoms with van der Waals surface area (Å²) < 4.78 is 33.7. The number of carbonyl (C=O) groups excluding carboxylic acids is 5. The maximum absolute atomic E-state index is 13.8. The summed E-state index contributed by atoms with van der Waals surface area (Å²) >= 11 is 2.14. The highest BCUT2D eigenvalue weighted by Gasteiger charge is 2.20. The molecule has 16 nitrogen and oxygen atoms in total. The van der Waals surface area contributed by atoms with Gasteiger partial charge in [0.1, 0.15) is 11.2 Å². The minimum absolute atomic E-state index is 0.0443. The number of halogens is 1. The normalized spacial score (nSPS) is 11.4. The molecule has 2 aromatic carbocycles. The van der Waals surface area contributed by atoms with Crippen LogP contribution in [0.25, 0.3) is 0 Å². The van der Waals surface area contributed by atoms with Crippen LogP contribution in [-0.2, 0) is 28.4 Å². The van der Waals surface area contributed by atoms with E-state index in [1.165, 1.54) is 23.1 Å². The predicted octanol–water partition coefficient (Wildman–Crippen LogP) is 4.20. The zero-order valence-electron chi connectivity index (χ0n) is 31.9. The molecule has 300 valence electrons. The van der Waals surface area contributed by atoms with Gasteiger partial charge in [0.15, 0.2) is 0 Å². The van der Waals surface area contributed by atoms with E-state index in [-0.39, 0.29) is 95.8 Å². The van der Waals surface area contributed by atoms with Crippen molar-refractivity contribution in [2.75, 3.05) is 84.4 Å². The minimum Gasteiger partial charge on any atom is -0.444 e. The first-order chi connectivity index (χ1) is 25.4. The first kappa shape index (κ1) is 46.1. The third-order valence-corrected chi connectivity index (χ3v) is 7.42. The molecule has 0 aliphatic carbocycles. The lowest BCUT2D eigenvalue weighted by atomic mass is 10.1. The van der Waals surface area contributed by atoms with Crippen molar-refractivity contribution in [3.8, 4) is 0 Å². The number of hydrogen-bond donors (Lipinski definition) is 4. The summed E-state index contributed by atoms with van der Waals surface area (Å²) in [5, 5.41) is 7.96. The van der Waals surface area contributed by atoms with Crippen LogP contribution in [0.15, 0.2) is 42.5 Å². The van der Waals surface area contributed by atoms with Gasteiger partial charge in [-0.15, -0.1) is 0 Å². The second-order valence-electron chi connectivity index (χ2n) is 13.7. The van der Waals surface area contributed by atoms with Crippen molar-refractivity contribution in [1.82, 2.24) is 15.5 Å². The Bertz CT molecular complexity index is 1470. The quantitative estimate of drug-likeness (QED) is 0.0975. The molecule has 0 aromatic heterocycles. The molecule has 2 rings (SSSR count). The van der Waals surface area contributed by atoms with Crippen LogP contribution < -0.4 is 21.7 Å². The van der Waals surface area contributed by atoms with Crippen molar-refractivity contribution in [1.29, 1.82) is 0 Å². The zero-order chi connectivity index (χ0) is 40.1. The fourth-order valence-electron chi connectivity index (χ4n) is 4.34. The molecule has 0 atom stereocenters. The van der Waals surface area contributed by atoms with Gasteiger partial charge in [-0.3, -0.25) is 14.4 Å². The molecule has 54 heavy (non-hydrogen) atoms. The van der Waals surface area contributed by atoms with Gasteiger partial charge in [-0.25, -0.2) is 9.59 Å². The standard InChI is InChI=1S/C37H54IN5O11/c1-36(2,3)53-34(47)40-11-15-49-19-21-51-17-13-43(14-18-52-22-20-50-16-12-41-35(48)54-37(4,5)6)33(46)28-23-27(31(39)44)24-30(25-28)42-32(45)26-7-9-29(38)10-8-26/h7-10,23-25H,11-22H2,1-6H3,(H2,39,44)(H,40,47)(H,41,48)(H,42,45). The van der Waals surface area contributed by atoms with Crippen LogP contribution in [0, 0.1) is 3.57 Å². The lowest BCUT2D eigenvalue weighted by Gasteiger charge is -2.23. The van der Waals surface area contributed by atoms with Crippen LogP contribution in [0.1, 0.15) is 72.6 Å². The molecule has 0 saturated carbocycles. The second kappa shape index (κ2) is 23.7. The summed E-state index contributed by atoms with van der Waals surface area (Å²) in [7, 11) is 0. The summed E-state index contributed by atoms with van der Waals surface area (Å²) in [5.74, 6) is -1.63. The smallest absolute Gasteiger partial charge is 0.407 e. The Labute approximate surface area is 330 Å². The first-order valence-electron chi connectivity index (χ1n) is 17.5. The van der Waals surface area contributed by atoms with Crippen molar-refractivity contribution < 1.29 is 52.4 Å². The highest BCUT2D eigenvalue weighted by atomic mass is 127. The van der Waals surface area contributed by atoms with E-state index in [9.17, 15) is 24.0 Å². The van der Waals surface area contributed by atoms with E-state index in [1.54, 1.807) is 65.8 Å². The number of primary amides is 1. The van der Waals surface area contributed by atoms with Crippen molar-refractivity contribution in [2.45, 2.75) is 52.7 Å². The van der Waals surface area contributed by atoms with E-state index < -0.39 is 41.1 Å². The molecular weight excluding hydrogens is 817 g/mol. The highest BCUT2D eigenvalue weighted by Crippen LogP contribution is 2.19. The summed E-state index contributed by atoms with van der Waals surface area (Å²) in [6.07, 6.45) is -1.06. The van der Waals surface area contributed by atoms with Crippen molar-refractivity contribution in [3.05, 3.63) is 62.7 Å². The molecule has 0 fully saturated rings. The minimum atomic E-state index is -0.768. The SMILES string of the molecule is CC(C)(C)OC(=O)NCCOCCOCCN(CCOCCOCCNC(=O)OC(C)(C)C)C(=O)c1cc(NC(=O)c2ccc(I)cc2)cc(C(N)=O)c1. The Morgan fingerprint density at radius 3 is 1.52 bits per heavy atom. The van der Waals surface area contributed by atoms with Crippen LogP contribution in [0.4, 0.5) is 15.3 Å². The van der Waals surface area contributed by atoms with Gasteiger partial charge in [-0.05, 0) is 107 Å². The number of rotatable bonds is 22. The molecule has 5 N–H and O–H groups in total. The number of hydrogen-bond acceptors (Lipinski definition) is 11. The number of nitrogens with two attached hydrogens (primary N) is 1. The summed E-state index contributed by atoms with van der Waals surface area (Å²) in [6, 6.07) is 11.2. The zero-order valence-corrected chi connectivity index (χ0v) is 34.1. The second-order valence-corrected chi connectivity index (χ2v) is 15.0. The first-order valence-corrected chi connectivity index (χ1v) is 18.6. The number of anilines is 1. The molecule has 5 amide bonds. The number of carbonyl (C=O) groups is 5. The van der Waals surface area contributed by atoms with Crippen LogP contribution >= 0.6 is 22.6 Å². The maximum Gasteiger partial charge on any atom is 0.407 e. The number of amides is 5. The molecule has 17 heteroatoms. The largest absolute Gasteiger partial charge is 0.444 e. The summed E-state index contributed by atoms with van der Waals surface area (Å²) in [4.78, 5) is 64.0. The van der Waals surface area contributed by atoms with Crippen molar-refractivity contribution in [2.24, 2.45) is 5.73 Å². The highest BCUT2D eigenvalue weighted by molar-refractivity contribution is 14.1. The molecule has 0 saturated heterocycles. The van der Waals surface area contributed by atoms with Gasteiger partial charge in [0.25, 0.3) is 11.8 Å². The molecule has 0 unspecified atom stereocenters. The Kier molecular flexibility index (Phi) is 20.2. The third kappa shape index (κ3) is 20.4. The van der Waals surface area contributed by atoms with E-state index in [0.717, 1.165) is 3.57 Å². The van der Waals surface area contributed by atoms with Gasteiger partial charge in [0, 0.05) is 52.1 Å². The molecule has 0 aliphatic heterocycles. The number of alkyl carbamates (subject to hydrolysis) is 2. The lowest BCUT2D eigenvalue weighted by Crippen LogP contribution is -2.37.